The van der Waals surface area contributed by atoms with Gasteiger partial charge in [-0.25, -0.2) is 0 Å². The number of guanidine groups is 1. The van der Waals surface area contributed by atoms with E-state index in [9.17, 15) is 4.79 Å². The maximum Gasteiger partial charge on any atom is 0.305 e. The van der Waals surface area contributed by atoms with Crippen LogP contribution in [0.2, 0.25) is 0 Å². The van der Waals surface area contributed by atoms with Crippen LogP contribution in [0.25, 0.3) is 0 Å². The van der Waals surface area contributed by atoms with Crippen LogP contribution in [0.1, 0.15) is 69.7 Å². The van der Waals surface area contributed by atoms with Gasteiger partial charge in [-0.15, -0.1) is 0 Å². The van der Waals surface area contributed by atoms with Gasteiger partial charge in [-0.3, -0.25) is 9.79 Å². The molecule has 0 spiro atoms. The summed E-state index contributed by atoms with van der Waals surface area (Å²) in [6, 6.07) is 2.02. The molecule has 1 aromatic rings. The summed E-state index contributed by atoms with van der Waals surface area (Å²) in [7, 11) is 3.16. The predicted octanol–water partition coefficient (Wildman–Crippen LogP) is 2.98. The van der Waals surface area contributed by atoms with Crippen molar-refractivity contribution in [1.29, 1.82) is 0 Å². The Balaban J connectivity index is 2.25. The van der Waals surface area contributed by atoms with Gasteiger partial charge in [-0.05, 0) is 25.7 Å². The molecule has 0 unspecified atom stereocenters. The zero-order valence-electron chi connectivity index (χ0n) is 15.9. The van der Waals surface area contributed by atoms with Crippen LogP contribution < -0.4 is 10.6 Å². The number of aromatic nitrogens is 1. The molecule has 142 valence electrons. The predicted molar refractivity (Wildman–Crippen MR) is 98.5 cm³/mol. The number of nitrogens with zero attached hydrogens (tertiary/aromatic N) is 2. The standard InChI is InChI=1S/C18H32N4O3/c1-5-14(6-2)16-12-15(25-22-16)13-21-18(19-3)20-11-9-7-8-10-17(23)24-4/h12,14H,5-11,13H2,1-4H3,(H2,19,20,21). The second kappa shape index (κ2) is 12.3. The third-order valence-corrected chi connectivity index (χ3v) is 4.21. The quantitative estimate of drug-likeness (QED) is 0.275. The van der Waals surface area contributed by atoms with Crippen LogP contribution in [0.5, 0.6) is 0 Å². The Bertz CT molecular complexity index is 524. The van der Waals surface area contributed by atoms with Crippen LogP contribution in [0.15, 0.2) is 15.6 Å². The lowest BCUT2D eigenvalue weighted by molar-refractivity contribution is -0.140. The molecule has 0 aliphatic heterocycles. The van der Waals surface area contributed by atoms with Crippen LogP contribution in [-0.4, -0.2) is 37.8 Å². The fourth-order valence-electron chi connectivity index (χ4n) is 2.58. The van der Waals surface area contributed by atoms with Crippen molar-refractivity contribution in [1.82, 2.24) is 15.8 Å². The molecule has 1 aromatic heterocycles. The van der Waals surface area contributed by atoms with Crippen molar-refractivity contribution in [2.75, 3.05) is 20.7 Å². The number of aliphatic imine (C=N–C) groups is 1. The Kier molecular flexibility index (Phi) is 10.4. The van der Waals surface area contributed by atoms with Crippen LogP contribution in [-0.2, 0) is 16.1 Å². The van der Waals surface area contributed by atoms with Crippen molar-refractivity contribution < 1.29 is 14.1 Å². The van der Waals surface area contributed by atoms with E-state index in [-0.39, 0.29) is 5.97 Å². The van der Waals surface area contributed by atoms with Crippen molar-refractivity contribution in [2.45, 2.75) is 64.8 Å². The Morgan fingerprint density at radius 2 is 2.04 bits per heavy atom. The van der Waals surface area contributed by atoms with Gasteiger partial charge in [0.25, 0.3) is 0 Å². The second-order valence-corrected chi connectivity index (χ2v) is 5.97. The molecule has 7 heteroatoms. The third kappa shape index (κ3) is 8.05. The molecule has 1 rings (SSSR count). The molecule has 7 nitrogen and oxygen atoms in total. The molecule has 0 fully saturated rings. The van der Waals surface area contributed by atoms with Gasteiger partial charge in [0.2, 0.25) is 0 Å². The summed E-state index contributed by atoms with van der Waals surface area (Å²) in [4.78, 5) is 15.2. The average molecular weight is 352 g/mol. The first-order valence-corrected chi connectivity index (χ1v) is 9.11. The smallest absolute Gasteiger partial charge is 0.305 e. The molecule has 2 N–H and O–H groups in total. The van der Waals surface area contributed by atoms with Gasteiger partial charge in [0.15, 0.2) is 11.7 Å². The number of ether oxygens (including phenoxy) is 1. The summed E-state index contributed by atoms with van der Waals surface area (Å²) in [5.41, 5.74) is 1.02. The maximum atomic E-state index is 11.0. The lowest BCUT2D eigenvalue weighted by Gasteiger charge is -2.10. The highest BCUT2D eigenvalue weighted by atomic mass is 16.5. The minimum Gasteiger partial charge on any atom is -0.469 e. The number of esters is 1. The summed E-state index contributed by atoms with van der Waals surface area (Å²) in [5, 5.41) is 10.6. The van der Waals surface area contributed by atoms with E-state index in [1.165, 1.54) is 7.11 Å². The summed E-state index contributed by atoms with van der Waals surface area (Å²) in [6.45, 7) is 5.68. The largest absolute Gasteiger partial charge is 0.469 e. The van der Waals surface area contributed by atoms with Gasteiger partial charge in [0.05, 0.1) is 19.3 Å². The topological polar surface area (TPSA) is 88.8 Å². The van der Waals surface area contributed by atoms with Gasteiger partial charge in [-0.2, -0.15) is 0 Å². The molecule has 0 atom stereocenters. The van der Waals surface area contributed by atoms with E-state index in [2.05, 4.69) is 39.4 Å². The van der Waals surface area contributed by atoms with Crippen molar-refractivity contribution in [3.8, 4) is 0 Å². The van der Waals surface area contributed by atoms with Gasteiger partial charge in [0, 0.05) is 32.0 Å². The molecule has 0 aliphatic carbocycles. The molecule has 0 aliphatic rings. The molecule has 0 amide bonds. The molecule has 0 aromatic carbocycles. The van der Waals surface area contributed by atoms with Crippen LogP contribution in [0, 0.1) is 0 Å². The van der Waals surface area contributed by atoms with Gasteiger partial charge < -0.3 is 19.9 Å². The van der Waals surface area contributed by atoms with Crippen molar-refractivity contribution in [3.05, 3.63) is 17.5 Å². The minimum atomic E-state index is -0.148. The third-order valence-electron chi connectivity index (χ3n) is 4.21. The molecular weight excluding hydrogens is 320 g/mol. The number of rotatable bonds is 11. The van der Waals surface area contributed by atoms with Gasteiger partial charge in [-0.1, -0.05) is 25.4 Å². The van der Waals surface area contributed by atoms with Crippen molar-refractivity contribution in [3.63, 3.8) is 0 Å². The summed E-state index contributed by atoms with van der Waals surface area (Å²) in [5.74, 6) is 1.85. The number of methoxy groups -OCH3 is 1. The summed E-state index contributed by atoms with van der Waals surface area (Å²) < 4.78 is 10.0. The van der Waals surface area contributed by atoms with E-state index in [1.54, 1.807) is 7.05 Å². The zero-order valence-corrected chi connectivity index (χ0v) is 15.9. The number of hydrogen-bond donors (Lipinski definition) is 2. The second-order valence-electron chi connectivity index (χ2n) is 5.97. The Hall–Kier alpha value is -2.05. The highest BCUT2D eigenvalue weighted by Crippen LogP contribution is 2.22. The highest BCUT2D eigenvalue weighted by Gasteiger charge is 2.13. The fraction of sp³-hybridized carbons (Fsp3) is 0.722. The lowest BCUT2D eigenvalue weighted by Crippen LogP contribution is -2.37. The van der Waals surface area contributed by atoms with E-state index in [1.807, 2.05) is 6.07 Å². The van der Waals surface area contributed by atoms with Crippen LogP contribution >= 0.6 is 0 Å². The van der Waals surface area contributed by atoms with E-state index in [4.69, 9.17) is 4.52 Å². The number of carbonyl (C=O) groups is 1. The minimum absolute atomic E-state index is 0.148. The van der Waals surface area contributed by atoms with E-state index >= 15 is 0 Å². The van der Waals surface area contributed by atoms with E-state index in [0.29, 0.717) is 18.9 Å². The average Bonchev–Trinajstić information content (AvgIpc) is 3.10. The number of unbranched alkanes of at least 4 members (excludes halogenated alkanes) is 2. The monoisotopic (exact) mass is 352 g/mol. The Labute approximate surface area is 150 Å². The molecule has 0 radical (unpaired) electrons. The van der Waals surface area contributed by atoms with E-state index in [0.717, 1.165) is 56.1 Å². The maximum absolute atomic E-state index is 11.0. The van der Waals surface area contributed by atoms with Crippen molar-refractivity contribution in [2.24, 2.45) is 4.99 Å². The molecule has 25 heavy (non-hydrogen) atoms. The summed E-state index contributed by atoms with van der Waals surface area (Å²) in [6.07, 6.45) is 5.40. The fourth-order valence-corrected chi connectivity index (χ4v) is 2.58. The van der Waals surface area contributed by atoms with Gasteiger partial charge >= 0.3 is 5.97 Å². The highest BCUT2D eigenvalue weighted by molar-refractivity contribution is 5.79. The number of carbonyl (C=O) groups excluding carboxylic acids is 1. The molecule has 0 saturated heterocycles. The Morgan fingerprint density at radius 3 is 2.68 bits per heavy atom. The lowest BCUT2D eigenvalue weighted by atomic mass is 9.99. The Morgan fingerprint density at radius 1 is 1.28 bits per heavy atom. The first kappa shape index (κ1) is 21.0. The van der Waals surface area contributed by atoms with Gasteiger partial charge in [0.1, 0.15) is 0 Å². The van der Waals surface area contributed by atoms with E-state index < -0.39 is 0 Å². The first-order valence-electron chi connectivity index (χ1n) is 9.11. The van der Waals surface area contributed by atoms with Crippen LogP contribution in [0.4, 0.5) is 0 Å². The van der Waals surface area contributed by atoms with Crippen molar-refractivity contribution >= 4 is 11.9 Å². The van der Waals surface area contributed by atoms with Crippen LogP contribution in [0.3, 0.4) is 0 Å². The summed E-state index contributed by atoms with van der Waals surface area (Å²) >= 11 is 0. The molecule has 1 heterocycles. The molecule has 0 bridgehead atoms. The normalized spacial score (nSPS) is 11.6. The molecular formula is C18H32N4O3. The first-order chi connectivity index (χ1) is 12.1. The zero-order chi connectivity index (χ0) is 18.5. The number of nitrogens with one attached hydrogen (secondary N) is 2. The number of hydrogen-bond acceptors (Lipinski definition) is 5. The molecule has 0 saturated carbocycles. The SMILES string of the molecule is CCC(CC)c1cc(CNC(=NC)NCCCCCC(=O)OC)on1.